The fourth-order valence-electron chi connectivity index (χ4n) is 1.70. The maximum absolute atomic E-state index is 13.0. The summed E-state index contributed by atoms with van der Waals surface area (Å²) >= 11 is 5.88. The van der Waals surface area contributed by atoms with Crippen LogP contribution in [0.25, 0.3) is 0 Å². The Morgan fingerprint density at radius 1 is 1.32 bits per heavy atom. The van der Waals surface area contributed by atoms with Gasteiger partial charge in [0.15, 0.2) is 0 Å². The molecule has 0 radical (unpaired) electrons. The third kappa shape index (κ3) is 3.51. The van der Waals surface area contributed by atoms with Gasteiger partial charge in [0.1, 0.15) is 5.69 Å². The van der Waals surface area contributed by atoms with Gasteiger partial charge in [-0.3, -0.25) is 4.79 Å². The number of hydrogen-bond donors (Lipinski definition) is 0. The van der Waals surface area contributed by atoms with Gasteiger partial charge < -0.3 is 4.90 Å². The van der Waals surface area contributed by atoms with Crippen LogP contribution in [-0.4, -0.2) is 22.8 Å². The predicted octanol–water partition coefficient (Wildman–Crippen LogP) is 3.15. The van der Waals surface area contributed by atoms with E-state index in [1.165, 1.54) is 23.1 Å². The molecule has 0 aliphatic heterocycles. The van der Waals surface area contributed by atoms with Crippen LogP contribution >= 0.6 is 11.6 Å². The summed E-state index contributed by atoms with van der Waals surface area (Å²) < 4.78 is 13.0. The zero-order valence-electron chi connectivity index (χ0n) is 10.3. The second kappa shape index (κ2) is 5.80. The van der Waals surface area contributed by atoms with Crippen LogP contribution in [0.3, 0.4) is 0 Å². The summed E-state index contributed by atoms with van der Waals surface area (Å²) in [5.74, 6) is -0.999. The highest BCUT2D eigenvalue weighted by molar-refractivity contribution is 6.30. The van der Waals surface area contributed by atoms with E-state index < -0.39 is 5.95 Å². The Morgan fingerprint density at radius 2 is 2.05 bits per heavy atom. The van der Waals surface area contributed by atoms with Crippen molar-refractivity contribution in [2.24, 2.45) is 0 Å². The van der Waals surface area contributed by atoms with Crippen LogP contribution in [0, 0.1) is 5.95 Å². The van der Waals surface area contributed by atoms with Crippen molar-refractivity contribution >= 4 is 17.5 Å². The van der Waals surface area contributed by atoms with Crippen LogP contribution in [0.1, 0.15) is 16.1 Å². The molecule has 0 N–H and O–H groups in total. The number of hydrogen-bond acceptors (Lipinski definition) is 2. The van der Waals surface area contributed by atoms with Gasteiger partial charge >= 0.3 is 0 Å². The molecular weight excluding hydrogens is 267 g/mol. The van der Waals surface area contributed by atoms with Gasteiger partial charge in [0.25, 0.3) is 5.91 Å². The highest BCUT2D eigenvalue weighted by atomic mass is 35.5. The summed E-state index contributed by atoms with van der Waals surface area (Å²) in [6.07, 6.45) is 0. The van der Waals surface area contributed by atoms with Crippen LogP contribution in [0.4, 0.5) is 4.39 Å². The lowest BCUT2D eigenvalue weighted by molar-refractivity contribution is 0.0778. The molecule has 5 heteroatoms. The van der Waals surface area contributed by atoms with Crippen molar-refractivity contribution in [2.45, 2.75) is 6.54 Å². The van der Waals surface area contributed by atoms with E-state index in [2.05, 4.69) is 4.98 Å². The van der Waals surface area contributed by atoms with E-state index in [1.54, 1.807) is 19.2 Å². The molecule has 3 nitrogen and oxygen atoms in total. The lowest BCUT2D eigenvalue weighted by atomic mass is 10.2. The highest BCUT2D eigenvalue weighted by Gasteiger charge is 2.14. The first-order valence-electron chi connectivity index (χ1n) is 5.69. The molecule has 0 saturated carbocycles. The average molecular weight is 279 g/mol. The van der Waals surface area contributed by atoms with E-state index in [9.17, 15) is 9.18 Å². The SMILES string of the molecule is CN(Cc1cccc(Cl)c1)C(=O)c1cccc(F)n1. The van der Waals surface area contributed by atoms with Gasteiger partial charge in [-0.2, -0.15) is 4.39 Å². The molecule has 0 spiro atoms. The first-order chi connectivity index (χ1) is 9.06. The standard InChI is InChI=1S/C14H12ClFN2O/c1-18(9-10-4-2-5-11(15)8-10)14(19)12-6-3-7-13(16)17-12/h2-8H,9H2,1H3. The van der Waals surface area contributed by atoms with E-state index in [4.69, 9.17) is 11.6 Å². The summed E-state index contributed by atoms with van der Waals surface area (Å²) in [7, 11) is 1.63. The number of rotatable bonds is 3. The van der Waals surface area contributed by atoms with Crippen LogP contribution < -0.4 is 0 Å². The van der Waals surface area contributed by atoms with Gasteiger partial charge in [0.05, 0.1) is 0 Å². The van der Waals surface area contributed by atoms with Crippen molar-refractivity contribution in [3.63, 3.8) is 0 Å². The number of nitrogens with zero attached hydrogens (tertiary/aromatic N) is 2. The third-order valence-corrected chi connectivity index (χ3v) is 2.82. The molecule has 19 heavy (non-hydrogen) atoms. The number of halogens is 2. The second-order valence-corrected chi connectivity index (χ2v) is 4.57. The summed E-state index contributed by atoms with van der Waals surface area (Å²) in [5.41, 5.74) is 0.990. The minimum absolute atomic E-state index is 0.0875. The average Bonchev–Trinajstić information content (AvgIpc) is 2.38. The fraction of sp³-hybridized carbons (Fsp3) is 0.143. The van der Waals surface area contributed by atoms with E-state index in [0.717, 1.165) is 5.56 Å². The molecule has 98 valence electrons. The number of aromatic nitrogens is 1. The molecule has 0 aliphatic rings. The molecule has 0 aliphatic carbocycles. The molecule has 1 aromatic carbocycles. The van der Waals surface area contributed by atoms with E-state index in [0.29, 0.717) is 11.6 Å². The Balaban J connectivity index is 2.12. The van der Waals surface area contributed by atoms with Crippen LogP contribution in [-0.2, 0) is 6.54 Å². The van der Waals surface area contributed by atoms with Crippen molar-refractivity contribution in [3.05, 3.63) is 64.7 Å². The van der Waals surface area contributed by atoms with E-state index in [-0.39, 0.29) is 11.6 Å². The van der Waals surface area contributed by atoms with E-state index in [1.807, 2.05) is 12.1 Å². The van der Waals surface area contributed by atoms with Gasteiger partial charge in [-0.15, -0.1) is 0 Å². The lowest BCUT2D eigenvalue weighted by Crippen LogP contribution is -2.27. The second-order valence-electron chi connectivity index (χ2n) is 4.14. The Bertz CT molecular complexity index is 604. The molecule has 2 aromatic rings. The number of carbonyl (C=O) groups excluding carboxylic acids is 1. The molecule has 0 atom stereocenters. The predicted molar refractivity (Wildman–Crippen MR) is 71.4 cm³/mol. The molecule has 1 aromatic heterocycles. The highest BCUT2D eigenvalue weighted by Crippen LogP contribution is 2.13. The van der Waals surface area contributed by atoms with Crippen molar-refractivity contribution in [2.75, 3.05) is 7.05 Å². The zero-order valence-corrected chi connectivity index (χ0v) is 11.1. The first-order valence-corrected chi connectivity index (χ1v) is 6.06. The zero-order chi connectivity index (χ0) is 13.8. The molecule has 0 bridgehead atoms. The Hall–Kier alpha value is -1.94. The molecular formula is C14H12ClFN2O. The summed E-state index contributed by atoms with van der Waals surface area (Å²) in [6.45, 7) is 0.386. The quantitative estimate of drug-likeness (QED) is 0.808. The Kier molecular flexibility index (Phi) is 4.12. The van der Waals surface area contributed by atoms with Crippen molar-refractivity contribution < 1.29 is 9.18 Å². The Labute approximate surface area is 115 Å². The summed E-state index contributed by atoms with van der Waals surface area (Å²) in [5, 5.41) is 0.613. The number of carbonyl (C=O) groups is 1. The third-order valence-electron chi connectivity index (χ3n) is 2.59. The number of benzene rings is 1. The van der Waals surface area contributed by atoms with Crippen molar-refractivity contribution in [1.82, 2.24) is 9.88 Å². The van der Waals surface area contributed by atoms with E-state index >= 15 is 0 Å². The molecule has 1 heterocycles. The molecule has 2 rings (SSSR count). The minimum Gasteiger partial charge on any atom is -0.336 e. The van der Waals surface area contributed by atoms with Crippen molar-refractivity contribution in [1.29, 1.82) is 0 Å². The molecule has 0 saturated heterocycles. The fourth-order valence-corrected chi connectivity index (χ4v) is 1.92. The van der Waals surface area contributed by atoms with Gasteiger partial charge in [0, 0.05) is 18.6 Å². The minimum atomic E-state index is -0.665. The topological polar surface area (TPSA) is 33.2 Å². The molecule has 0 unspecified atom stereocenters. The van der Waals surface area contributed by atoms with Gasteiger partial charge in [-0.25, -0.2) is 4.98 Å². The lowest BCUT2D eigenvalue weighted by Gasteiger charge is -2.16. The van der Waals surface area contributed by atoms with Crippen LogP contribution in [0.2, 0.25) is 5.02 Å². The Morgan fingerprint density at radius 3 is 2.74 bits per heavy atom. The van der Waals surface area contributed by atoms with Gasteiger partial charge in [-0.1, -0.05) is 29.8 Å². The smallest absolute Gasteiger partial charge is 0.272 e. The molecule has 0 fully saturated rings. The van der Waals surface area contributed by atoms with Crippen LogP contribution in [0.5, 0.6) is 0 Å². The monoisotopic (exact) mass is 278 g/mol. The molecule has 1 amide bonds. The van der Waals surface area contributed by atoms with Gasteiger partial charge in [-0.05, 0) is 29.8 Å². The number of pyridine rings is 1. The van der Waals surface area contributed by atoms with Crippen LogP contribution in [0.15, 0.2) is 42.5 Å². The maximum Gasteiger partial charge on any atom is 0.272 e. The largest absolute Gasteiger partial charge is 0.336 e. The summed E-state index contributed by atoms with van der Waals surface area (Å²) in [6, 6.07) is 11.4. The van der Waals surface area contributed by atoms with Crippen molar-refractivity contribution in [3.8, 4) is 0 Å². The normalized spacial score (nSPS) is 10.3. The van der Waals surface area contributed by atoms with Gasteiger partial charge in [0.2, 0.25) is 5.95 Å². The maximum atomic E-state index is 13.0. The summed E-state index contributed by atoms with van der Waals surface area (Å²) in [4.78, 5) is 17.1. The number of amides is 1. The first kappa shape index (κ1) is 13.5.